The molecule has 2 nitrogen and oxygen atoms in total. The van der Waals surface area contributed by atoms with Gasteiger partial charge in [0, 0.05) is 29.8 Å². The van der Waals surface area contributed by atoms with E-state index in [1.807, 2.05) is 20.8 Å². The molecule has 0 amide bonds. The molecular weight excluding hydrogens is 138 g/mol. The van der Waals surface area contributed by atoms with Crippen LogP contribution in [0.3, 0.4) is 0 Å². The maximum absolute atomic E-state index is 11.5. The highest BCUT2D eigenvalue weighted by Crippen LogP contribution is 2.22. The van der Waals surface area contributed by atoms with Crippen molar-refractivity contribution in [2.24, 2.45) is 10.4 Å². The van der Waals surface area contributed by atoms with Crippen molar-refractivity contribution in [3.8, 4) is 0 Å². The van der Waals surface area contributed by atoms with Gasteiger partial charge in [-0.05, 0) is 0 Å². The zero-order valence-electron chi connectivity index (χ0n) is 7.22. The molecule has 0 unspecified atom stereocenters. The zero-order valence-corrected chi connectivity index (χ0v) is 7.22. The van der Waals surface area contributed by atoms with Gasteiger partial charge in [-0.1, -0.05) is 20.8 Å². The van der Waals surface area contributed by atoms with Crippen molar-refractivity contribution in [2.45, 2.75) is 27.2 Å². The third-order valence-electron chi connectivity index (χ3n) is 1.62. The Bertz CT molecular complexity index is 230. The Kier molecular flexibility index (Phi) is 1.94. The molecule has 0 N–H and O–H groups in total. The van der Waals surface area contributed by atoms with Crippen molar-refractivity contribution in [3.05, 3.63) is 11.8 Å². The van der Waals surface area contributed by atoms with Crippen LogP contribution in [0.25, 0.3) is 0 Å². The number of rotatable bonds is 1. The Hall–Kier alpha value is -0.920. The third-order valence-corrected chi connectivity index (χ3v) is 1.62. The number of nitrogens with zero attached hydrogens (tertiary/aromatic N) is 1. The number of carbonyl (C=O) groups excluding carboxylic acids is 1. The van der Waals surface area contributed by atoms with Gasteiger partial charge in [0.25, 0.3) is 0 Å². The fraction of sp³-hybridized carbons (Fsp3) is 0.556. The minimum absolute atomic E-state index is 0.204. The summed E-state index contributed by atoms with van der Waals surface area (Å²) < 4.78 is 0. The molecule has 1 aliphatic rings. The van der Waals surface area contributed by atoms with E-state index in [-0.39, 0.29) is 11.2 Å². The minimum atomic E-state index is -0.264. The maximum atomic E-state index is 11.5. The van der Waals surface area contributed by atoms with Gasteiger partial charge in [0.1, 0.15) is 0 Å². The molecule has 0 atom stereocenters. The Morgan fingerprint density at radius 3 is 2.55 bits per heavy atom. The molecule has 1 heterocycles. The number of ketones is 1. The van der Waals surface area contributed by atoms with Gasteiger partial charge in [-0.3, -0.25) is 9.79 Å². The monoisotopic (exact) mass is 151 g/mol. The van der Waals surface area contributed by atoms with Crippen molar-refractivity contribution in [1.82, 2.24) is 0 Å². The van der Waals surface area contributed by atoms with E-state index in [1.165, 1.54) is 0 Å². The molecule has 0 aromatic heterocycles. The van der Waals surface area contributed by atoms with E-state index in [0.717, 1.165) is 5.57 Å². The topological polar surface area (TPSA) is 29.4 Å². The summed E-state index contributed by atoms with van der Waals surface area (Å²) in [5.74, 6) is 0.204. The molecule has 60 valence electrons. The van der Waals surface area contributed by atoms with Crippen molar-refractivity contribution < 1.29 is 4.79 Å². The van der Waals surface area contributed by atoms with Gasteiger partial charge >= 0.3 is 0 Å². The molecule has 0 spiro atoms. The first-order chi connectivity index (χ1) is 5.02. The van der Waals surface area contributed by atoms with Gasteiger partial charge in [-0.15, -0.1) is 0 Å². The lowest BCUT2D eigenvalue weighted by Gasteiger charge is -2.16. The quantitative estimate of drug-likeness (QED) is 0.563. The summed E-state index contributed by atoms with van der Waals surface area (Å²) >= 11 is 0. The Morgan fingerprint density at radius 2 is 2.18 bits per heavy atom. The standard InChI is InChI=1S/C9H13NO/c1-9(2,3)8(11)7-4-5-10-6-7/h5-6H,4H2,1-3H3. The van der Waals surface area contributed by atoms with Crippen LogP contribution in [-0.4, -0.2) is 12.0 Å². The SMILES string of the molecule is CC(C)(C)C(=O)C1=CN=CC1. The largest absolute Gasteiger partial charge is 0.294 e. The molecule has 0 aromatic rings. The number of Topliss-reactive ketones (excluding diaryl/α,β-unsaturated/α-hetero) is 1. The molecule has 0 radical (unpaired) electrons. The molecule has 0 saturated heterocycles. The highest BCUT2D eigenvalue weighted by atomic mass is 16.1. The first-order valence-corrected chi connectivity index (χ1v) is 3.77. The van der Waals surface area contributed by atoms with E-state index in [0.29, 0.717) is 6.42 Å². The lowest BCUT2D eigenvalue weighted by Crippen LogP contribution is -2.21. The average molecular weight is 151 g/mol. The summed E-state index contributed by atoms with van der Waals surface area (Å²) in [6.07, 6.45) is 4.13. The van der Waals surface area contributed by atoms with E-state index >= 15 is 0 Å². The zero-order chi connectivity index (χ0) is 8.48. The van der Waals surface area contributed by atoms with Crippen LogP contribution < -0.4 is 0 Å². The molecular formula is C9H13NO. The van der Waals surface area contributed by atoms with Crippen molar-refractivity contribution in [1.29, 1.82) is 0 Å². The third kappa shape index (κ3) is 1.76. The molecule has 1 rings (SSSR count). The number of hydrogen-bond donors (Lipinski definition) is 0. The molecule has 0 aromatic carbocycles. The fourth-order valence-electron chi connectivity index (χ4n) is 0.979. The summed E-state index contributed by atoms with van der Waals surface area (Å²) in [6, 6.07) is 0. The van der Waals surface area contributed by atoms with Crippen LogP contribution in [0.5, 0.6) is 0 Å². The Labute approximate surface area is 67.0 Å². The lowest BCUT2D eigenvalue weighted by atomic mass is 9.86. The highest BCUT2D eigenvalue weighted by molar-refractivity contribution is 6.02. The van der Waals surface area contributed by atoms with Crippen molar-refractivity contribution >= 4 is 12.0 Å². The number of carbonyl (C=O) groups is 1. The van der Waals surface area contributed by atoms with E-state index in [4.69, 9.17) is 0 Å². The second kappa shape index (κ2) is 2.61. The van der Waals surface area contributed by atoms with Crippen LogP contribution in [-0.2, 0) is 4.79 Å². The first kappa shape index (κ1) is 8.18. The molecule has 1 aliphatic heterocycles. The van der Waals surface area contributed by atoms with Gasteiger partial charge in [0.05, 0.1) is 0 Å². The summed E-state index contributed by atoms with van der Waals surface area (Å²) in [5, 5.41) is 0. The first-order valence-electron chi connectivity index (χ1n) is 3.77. The summed E-state index contributed by atoms with van der Waals surface area (Å²) in [4.78, 5) is 15.4. The summed E-state index contributed by atoms with van der Waals surface area (Å²) in [6.45, 7) is 5.78. The Balaban J connectivity index is 2.71. The Morgan fingerprint density at radius 1 is 1.55 bits per heavy atom. The van der Waals surface area contributed by atoms with Crippen molar-refractivity contribution in [2.75, 3.05) is 0 Å². The second-order valence-corrected chi connectivity index (χ2v) is 3.77. The van der Waals surface area contributed by atoms with E-state index in [1.54, 1.807) is 12.4 Å². The number of allylic oxidation sites excluding steroid dienone is 1. The van der Waals surface area contributed by atoms with Crippen LogP contribution in [0.2, 0.25) is 0 Å². The maximum Gasteiger partial charge on any atom is 0.166 e. The predicted molar refractivity (Wildman–Crippen MR) is 45.7 cm³/mol. The molecule has 0 saturated carbocycles. The van der Waals surface area contributed by atoms with Gasteiger partial charge < -0.3 is 0 Å². The molecule has 0 aliphatic carbocycles. The molecule has 2 heteroatoms. The average Bonchev–Trinajstić information content (AvgIpc) is 2.34. The van der Waals surface area contributed by atoms with Gasteiger partial charge in [0.2, 0.25) is 0 Å². The molecule has 11 heavy (non-hydrogen) atoms. The highest BCUT2D eigenvalue weighted by Gasteiger charge is 2.25. The molecule has 0 bridgehead atoms. The normalized spacial score (nSPS) is 16.8. The van der Waals surface area contributed by atoms with Gasteiger partial charge in [-0.25, -0.2) is 0 Å². The van der Waals surface area contributed by atoms with Crippen LogP contribution in [0.15, 0.2) is 16.8 Å². The van der Waals surface area contributed by atoms with Crippen LogP contribution in [0, 0.1) is 5.41 Å². The van der Waals surface area contributed by atoms with Crippen molar-refractivity contribution in [3.63, 3.8) is 0 Å². The smallest absolute Gasteiger partial charge is 0.166 e. The van der Waals surface area contributed by atoms with E-state index in [2.05, 4.69) is 4.99 Å². The predicted octanol–water partition coefficient (Wildman–Crippen LogP) is 1.96. The summed E-state index contributed by atoms with van der Waals surface area (Å²) in [7, 11) is 0. The number of hydrogen-bond acceptors (Lipinski definition) is 2. The summed E-state index contributed by atoms with van der Waals surface area (Å²) in [5.41, 5.74) is 0.567. The van der Waals surface area contributed by atoms with Crippen LogP contribution in [0.4, 0.5) is 0 Å². The van der Waals surface area contributed by atoms with E-state index < -0.39 is 0 Å². The lowest BCUT2D eigenvalue weighted by molar-refractivity contribution is -0.122. The second-order valence-electron chi connectivity index (χ2n) is 3.77. The fourth-order valence-corrected chi connectivity index (χ4v) is 0.979. The van der Waals surface area contributed by atoms with Gasteiger partial charge in [0.15, 0.2) is 5.78 Å². The number of aliphatic imine (C=N–C) groups is 1. The molecule has 0 fully saturated rings. The minimum Gasteiger partial charge on any atom is -0.294 e. The van der Waals surface area contributed by atoms with Crippen LogP contribution in [0.1, 0.15) is 27.2 Å². The van der Waals surface area contributed by atoms with Crippen LogP contribution >= 0.6 is 0 Å². The van der Waals surface area contributed by atoms with E-state index in [9.17, 15) is 4.79 Å². The van der Waals surface area contributed by atoms with Gasteiger partial charge in [-0.2, -0.15) is 0 Å².